The number of nitrogens with two attached hydrogens (primary N) is 1. The predicted molar refractivity (Wildman–Crippen MR) is 62.2 cm³/mol. The van der Waals surface area contributed by atoms with E-state index in [-0.39, 0.29) is 24.1 Å². The van der Waals surface area contributed by atoms with Gasteiger partial charge in [-0.25, -0.2) is 4.39 Å². The molecule has 0 aliphatic carbocycles. The van der Waals surface area contributed by atoms with Crippen molar-refractivity contribution >= 4 is 21.8 Å². The van der Waals surface area contributed by atoms with Crippen LogP contribution in [0.1, 0.15) is 6.92 Å². The van der Waals surface area contributed by atoms with Crippen molar-refractivity contribution in [3.63, 3.8) is 0 Å². The highest BCUT2D eigenvalue weighted by molar-refractivity contribution is 9.10. The lowest BCUT2D eigenvalue weighted by Gasteiger charge is -2.12. The predicted octanol–water partition coefficient (Wildman–Crippen LogP) is 2.35. The Kier molecular flexibility index (Phi) is 4.54. The lowest BCUT2D eigenvalue weighted by molar-refractivity contribution is 0.269. The Morgan fingerprint density at radius 1 is 1.69 bits per heavy atom. The van der Waals surface area contributed by atoms with E-state index in [0.717, 1.165) is 0 Å². The van der Waals surface area contributed by atoms with Gasteiger partial charge >= 0.3 is 0 Å². The summed E-state index contributed by atoms with van der Waals surface area (Å²) in [4.78, 5) is 0. The van der Waals surface area contributed by atoms with Gasteiger partial charge in [-0.3, -0.25) is 0 Å². The van der Waals surface area contributed by atoms with Crippen LogP contribution < -0.4 is 10.5 Å². The molecule has 1 unspecified atom stereocenters. The second-order valence-corrected chi connectivity index (χ2v) is 4.23. The molecule has 1 atom stereocenters. The highest BCUT2D eigenvalue weighted by atomic mass is 79.9. The topological polar surface area (TPSA) is 67.8 Å². The Morgan fingerprint density at radius 2 is 2.38 bits per heavy atom. The van der Waals surface area contributed by atoms with Crippen LogP contribution in [0.5, 0.6) is 5.75 Å². The van der Waals surface area contributed by atoms with Gasteiger partial charge in [0, 0.05) is 4.47 Å². The lowest BCUT2D eigenvalue weighted by atomic mass is 10.2. The van der Waals surface area contributed by atoms with Crippen molar-refractivity contribution in [3.8, 4) is 5.75 Å². The number of halogens is 2. The zero-order valence-corrected chi connectivity index (χ0v) is 10.2. The maximum atomic E-state index is 13.3. The summed E-state index contributed by atoms with van der Waals surface area (Å²) in [6.07, 6.45) is 0. The van der Waals surface area contributed by atoms with Crippen LogP contribution in [0.2, 0.25) is 0 Å². The average molecular weight is 291 g/mol. The van der Waals surface area contributed by atoms with Gasteiger partial charge in [0.05, 0.1) is 12.5 Å². The molecule has 0 aliphatic heterocycles. The van der Waals surface area contributed by atoms with E-state index in [0.29, 0.717) is 4.47 Å². The molecule has 16 heavy (non-hydrogen) atoms. The quantitative estimate of drug-likeness (QED) is 0.387. The Balaban J connectivity index is 2.61. The van der Waals surface area contributed by atoms with Crippen LogP contribution in [-0.4, -0.2) is 17.6 Å². The second-order valence-electron chi connectivity index (χ2n) is 3.31. The summed E-state index contributed by atoms with van der Waals surface area (Å²) in [5.41, 5.74) is 5.36. The van der Waals surface area contributed by atoms with Crippen molar-refractivity contribution in [2.24, 2.45) is 16.8 Å². The summed E-state index contributed by atoms with van der Waals surface area (Å²) in [5, 5.41) is 11.3. The van der Waals surface area contributed by atoms with Gasteiger partial charge in [0.2, 0.25) is 0 Å². The molecule has 0 bridgehead atoms. The van der Waals surface area contributed by atoms with Crippen molar-refractivity contribution in [1.82, 2.24) is 0 Å². The summed E-state index contributed by atoms with van der Waals surface area (Å²) in [7, 11) is 0. The van der Waals surface area contributed by atoms with Crippen LogP contribution in [0.15, 0.2) is 27.8 Å². The van der Waals surface area contributed by atoms with E-state index in [1.165, 1.54) is 12.1 Å². The SMILES string of the molecule is CC(COc1ccc(Br)cc1F)/C(N)=N/O. The molecule has 88 valence electrons. The monoisotopic (exact) mass is 290 g/mol. The minimum Gasteiger partial charge on any atom is -0.490 e. The molecule has 1 rings (SSSR count). The fourth-order valence-corrected chi connectivity index (χ4v) is 1.32. The van der Waals surface area contributed by atoms with Crippen molar-refractivity contribution in [1.29, 1.82) is 0 Å². The molecular weight excluding hydrogens is 279 g/mol. The third-order valence-electron chi connectivity index (χ3n) is 2.00. The third-order valence-corrected chi connectivity index (χ3v) is 2.50. The zero-order valence-electron chi connectivity index (χ0n) is 8.65. The fourth-order valence-electron chi connectivity index (χ4n) is 0.991. The van der Waals surface area contributed by atoms with Gasteiger partial charge in [0.25, 0.3) is 0 Å². The summed E-state index contributed by atoms with van der Waals surface area (Å²) in [6, 6.07) is 4.49. The van der Waals surface area contributed by atoms with Crippen molar-refractivity contribution in [2.75, 3.05) is 6.61 Å². The van der Waals surface area contributed by atoms with Crippen molar-refractivity contribution in [2.45, 2.75) is 6.92 Å². The number of ether oxygens (including phenoxy) is 1. The number of nitrogens with zero attached hydrogens (tertiary/aromatic N) is 1. The van der Waals surface area contributed by atoms with E-state index in [2.05, 4.69) is 21.1 Å². The van der Waals surface area contributed by atoms with E-state index in [9.17, 15) is 4.39 Å². The van der Waals surface area contributed by atoms with Crippen LogP contribution in [0.25, 0.3) is 0 Å². The van der Waals surface area contributed by atoms with Gasteiger partial charge in [0.15, 0.2) is 11.6 Å². The lowest BCUT2D eigenvalue weighted by Crippen LogP contribution is -2.26. The third kappa shape index (κ3) is 3.37. The fraction of sp³-hybridized carbons (Fsp3) is 0.300. The second kappa shape index (κ2) is 5.69. The molecule has 0 saturated carbocycles. The molecule has 0 spiro atoms. The minimum atomic E-state index is -0.457. The number of hydrogen-bond donors (Lipinski definition) is 2. The highest BCUT2D eigenvalue weighted by Crippen LogP contribution is 2.21. The van der Waals surface area contributed by atoms with E-state index < -0.39 is 5.82 Å². The Labute approximate surface area is 101 Å². The summed E-state index contributed by atoms with van der Waals surface area (Å²) >= 11 is 3.14. The molecule has 6 heteroatoms. The number of amidine groups is 1. The summed E-state index contributed by atoms with van der Waals surface area (Å²) in [5.74, 6) is -0.549. The molecule has 0 amide bonds. The molecule has 0 radical (unpaired) electrons. The Hall–Kier alpha value is -1.30. The van der Waals surface area contributed by atoms with Crippen LogP contribution in [0, 0.1) is 11.7 Å². The van der Waals surface area contributed by atoms with Crippen LogP contribution in [0.4, 0.5) is 4.39 Å². The van der Waals surface area contributed by atoms with Crippen molar-refractivity contribution in [3.05, 3.63) is 28.5 Å². The molecule has 1 aromatic carbocycles. The van der Waals surface area contributed by atoms with Gasteiger partial charge in [-0.2, -0.15) is 0 Å². The molecule has 0 saturated heterocycles. The first-order valence-electron chi connectivity index (χ1n) is 4.60. The van der Waals surface area contributed by atoms with Crippen LogP contribution in [-0.2, 0) is 0 Å². The van der Waals surface area contributed by atoms with E-state index >= 15 is 0 Å². The smallest absolute Gasteiger partial charge is 0.166 e. The average Bonchev–Trinajstić information content (AvgIpc) is 2.26. The van der Waals surface area contributed by atoms with Gasteiger partial charge in [-0.05, 0) is 18.2 Å². The normalized spacial score (nSPS) is 13.6. The molecule has 1 aromatic rings. The maximum absolute atomic E-state index is 13.3. The van der Waals surface area contributed by atoms with Gasteiger partial charge in [-0.1, -0.05) is 28.0 Å². The van der Waals surface area contributed by atoms with E-state index in [1.54, 1.807) is 13.0 Å². The number of benzene rings is 1. The first kappa shape index (κ1) is 12.8. The first-order valence-corrected chi connectivity index (χ1v) is 5.39. The molecule has 4 nitrogen and oxygen atoms in total. The molecule has 0 aliphatic rings. The van der Waals surface area contributed by atoms with E-state index in [1.807, 2.05) is 0 Å². The van der Waals surface area contributed by atoms with Gasteiger partial charge < -0.3 is 15.7 Å². The summed E-state index contributed by atoms with van der Waals surface area (Å²) < 4.78 is 19.2. The zero-order chi connectivity index (χ0) is 12.1. The minimum absolute atomic E-state index is 0.0533. The van der Waals surface area contributed by atoms with Crippen LogP contribution >= 0.6 is 15.9 Å². The van der Waals surface area contributed by atoms with E-state index in [4.69, 9.17) is 15.7 Å². The molecule has 0 fully saturated rings. The van der Waals surface area contributed by atoms with Gasteiger partial charge in [0.1, 0.15) is 5.84 Å². The highest BCUT2D eigenvalue weighted by Gasteiger charge is 2.10. The number of hydrogen-bond acceptors (Lipinski definition) is 3. The summed E-state index contributed by atoms with van der Waals surface area (Å²) in [6.45, 7) is 1.86. The van der Waals surface area contributed by atoms with Crippen LogP contribution in [0.3, 0.4) is 0 Å². The van der Waals surface area contributed by atoms with Crippen molar-refractivity contribution < 1.29 is 14.3 Å². The number of oxime groups is 1. The largest absolute Gasteiger partial charge is 0.490 e. The Morgan fingerprint density at radius 3 is 2.94 bits per heavy atom. The van der Waals surface area contributed by atoms with Gasteiger partial charge in [-0.15, -0.1) is 0 Å². The number of rotatable bonds is 4. The Bertz CT molecular complexity index is 398. The molecule has 0 heterocycles. The molecule has 3 N–H and O–H groups in total. The maximum Gasteiger partial charge on any atom is 0.166 e. The first-order chi connectivity index (χ1) is 7.54. The standard InChI is InChI=1S/C10H12BrFN2O2/c1-6(10(13)14-15)5-16-9-3-2-7(11)4-8(9)12/h2-4,6,15H,5H2,1H3,(H2,13,14). The molecule has 0 aromatic heterocycles. The molecular formula is C10H12BrFN2O2.